The average molecular weight is 361 g/mol. The maximum atomic E-state index is 5.49. The van der Waals surface area contributed by atoms with Crippen molar-refractivity contribution in [3.63, 3.8) is 0 Å². The first kappa shape index (κ1) is 17.7. The van der Waals surface area contributed by atoms with Crippen molar-refractivity contribution in [3.05, 3.63) is 30.1 Å². The lowest BCUT2D eigenvalue weighted by molar-refractivity contribution is 0.384. The topological polar surface area (TPSA) is 82.8 Å². The van der Waals surface area contributed by atoms with Gasteiger partial charge in [-0.3, -0.25) is 4.57 Å². The Morgan fingerprint density at radius 3 is 2.88 bits per heavy atom. The number of unbranched alkanes of at least 4 members (excludes halogenated alkanes) is 1. The van der Waals surface area contributed by atoms with Crippen molar-refractivity contribution >= 4 is 11.8 Å². The third-order valence-corrected chi connectivity index (χ3v) is 4.55. The number of aryl methyl sites for hydroxylation is 1. The molecule has 0 aliphatic carbocycles. The van der Waals surface area contributed by atoms with E-state index in [1.807, 2.05) is 12.1 Å². The van der Waals surface area contributed by atoms with E-state index in [-0.39, 0.29) is 0 Å². The van der Waals surface area contributed by atoms with Gasteiger partial charge in [0.1, 0.15) is 0 Å². The number of thioether (sulfide) groups is 1. The summed E-state index contributed by atoms with van der Waals surface area (Å²) in [7, 11) is 0. The highest BCUT2D eigenvalue weighted by Gasteiger charge is 2.18. The molecule has 3 heterocycles. The fourth-order valence-corrected chi connectivity index (χ4v) is 3.21. The summed E-state index contributed by atoms with van der Waals surface area (Å²) >= 11 is 1.55. The first-order valence-corrected chi connectivity index (χ1v) is 9.57. The van der Waals surface area contributed by atoms with E-state index in [2.05, 4.69) is 45.7 Å². The van der Waals surface area contributed by atoms with Crippen molar-refractivity contribution in [3.8, 4) is 11.6 Å². The Kier molecular flexibility index (Phi) is 5.91. The molecule has 3 aromatic heterocycles. The van der Waals surface area contributed by atoms with Crippen molar-refractivity contribution in [1.29, 1.82) is 0 Å². The Morgan fingerprint density at radius 2 is 2.16 bits per heavy atom. The Morgan fingerprint density at radius 1 is 1.28 bits per heavy atom. The predicted octanol–water partition coefficient (Wildman–Crippen LogP) is 4.21. The summed E-state index contributed by atoms with van der Waals surface area (Å²) in [6, 6.07) is 3.75. The number of aromatic nitrogens is 5. The van der Waals surface area contributed by atoms with E-state index in [0.717, 1.165) is 48.4 Å². The van der Waals surface area contributed by atoms with Crippen LogP contribution in [0, 0.1) is 5.92 Å². The summed E-state index contributed by atoms with van der Waals surface area (Å²) in [6.07, 6.45) is 4.69. The minimum Gasteiger partial charge on any atom is -0.461 e. The largest absolute Gasteiger partial charge is 0.461 e. The zero-order valence-electron chi connectivity index (χ0n) is 14.8. The molecule has 0 aliphatic rings. The van der Waals surface area contributed by atoms with Gasteiger partial charge in [0.25, 0.3) is 0 Å². The van der Waals surface area contributed by atoms with E-state index in [9.17, 15) is 0 Å². The molecule has 0 saturated heterocycles. The Bertz CT molecular complexity index is 779. The van der Waals surface area contributed by atoms with Gasteiger partial charge in [-0.1, -0.05) is 44.1 Å². The zero-order chi connectivity index (χ0) is 17.6. The Labute approximate surface area is 151 Å². The van der Waals surface area contributed by atoms with Gasteiger partial charge in [0, 0.05) is 13.0 Å². The molecule has 0 amide bonds. The molecule has 3 aromatic rings. The molecule has 0 radical (unpaired) electrons. The van der Waals surface area contributed by atoms with Crippen molar-refractivity contribution in [2.24, 2.45) is 5.92 Å². The highest BCUT2D eigenvalue weighted by atomic mass is 32.2. The standard InChI is InChI=1S/C17H23N5O2S/c1-4-5-8-14-18-15(24-21-14)11-25-17-20-19-16(13-7-6-9-23-13)22(17)10-12(2)3/h6-7,9,12H,4-5,8,10-11H2,1-3H3. The Hall–Kier alpha value is -2.09. The van der Waals surface area contributed by atoms with Gasteiger partial charge in [0.05, 0.1) is 12.0 Å². The lowest BCUT2D eigenvalue weighted by atomic mass is 10.2. The van der Waals surface area contributed by atoms with E-state index < -0.39 is 0 Å². The monoisotopic (exact) mass is 361 g/mol. The summed E-state index contributed by atoms with van der Waals surface area (Å²) in [5.41, 5.74) is 0. The second-order valence-electron chi connectivity index (χ2n) is 6.28. The lowest BCUT2D eigenvalue weighted by Gasteiger charge is -2.10. The first-order valence-electron chi connectivity index (χ1n) is 8.58. The third-order valence-electron chi connectivity index (χ3n) is 3.59. The van der Waals surface area contributed by atoms with Crippen LogP contribution >= 0.6 is 11.8 Å². The second-order valence-corrected chi connectivity index (χ2v) is 7.23. The summed E-state index contributed by atoms with van der Waals surface area (Å²) in [6.45, 7) is 7.29. The van der Waals surface area contributed by atoms with Gasteiger partial charge >= 0.3 is 0 Å². The molecule has 0 unspecified atom stereocenters. The van der Waals surface area contributed by atoms with Crippen LogP contribution in [0.25, 0.3) is 11.6 Å². The molecule has 3 rings (SSSR count). The zero-order valence-corrected chi connectivity index (χ0v) is 15.6. The molecule has 134 valence electrons. The van der Waals surface area contributed by atoms with Crippen LogP contribution in [-0.2, 0) is 18.7 Å². The van der Waals surface area contributed by atoms with Gasteiger partial charge in [-0.15, -0.1) is 10.2 Å². The van der Waals surface area contributed by atoms with Crippen LogP contribution in [0.4, 0.5) is 0 Å². The SMILES string of the molecule is CCCCc1noc(CSc2nnc(-c3ccco3)n2CC(C)C)n1. The maximum Gasteiger partial charge on any atom is 0.237 e. The van der Waals surface area contributed by atoms with Crippen LogP contribution in [0.5, 0.6) is 0 Å². The van der Waals surface area contributed by atoms with Crippen molar-refractivity contribution in [2.45, 2.75) is 57.5 Å². The van der Waals surface area contributed by atoms with Gasteiger partial charge in [0.2, 0.25) is 5.89 Å². The fraction of sp³-hybridized carbons (Fsp3) is 0.529. The molecule has 0 fully saturated rings. The molecule has 7 nitrogen and oxygen atoms in total. The Balaban J connectivity index is 1.72. The average Bonchev–Trinajstić information content (AvgIpc) is 3.31. The van der Waals surface area contributed by atoms with Crippen LogP contribution in [-0.4, -0.2) is 24.9 Å². The summed E-state index contributed by atoms with van der Waals surface area (Å²) in [4.78, 5) is 4.44. The van der Waals surface area contributed by atoms with Gasteiger partial charge in [-0.2, -0.15) is 4.98 Å². The number of hydrogen-bond acceptors (Lipinski definition) is 7. The van der Waals surface area contributed by atoms with Crippen molar-refractivity contribution in [2.75, 3.05) is 0 Å². The van der Waals surface area contributed by atoms with Crippen LogP contribution in [0.2, 0.25) is 0 Å². The molecule has 0 atom stereocenters. The van der Waals surface area contributed by atoms with Crippen LogP contribution in [0.1, 0.15) is 45.3 Å². The molecule has 0 bridgehead atoms. The highest BCUT2D eigenvalue weighted by molar-refractivity contribution is 7.98. The number of rotatable bonds is 9. The van der Waals surface area contributed by atoms with Crippen LogP contribution < -0.4 is 0 Å². The van der Waals surface area contributed by atoms with Gasteiger partial charge in [-0.05, 0) is 24.5 Å². The number of furan rings is 1. The molecule has 0 spiro atoms. The first-order chi connectivity index (χ1) is 12.2. The molecular weight excluding hydrogens is 338 g/mol. The molecule has 0 saturated carbocycles. The van der Waals surface area contributed by atoms with Gasteiger partial charge in [-0.25, -0.2) is 0 Å². The van der Waals surface area contributed by atoms with E-state index >= 15 is 0 Å². The molecule has 0 N–H and O–H groups in total. The summed E-state index contributed by atoms with van der Waals surface area (Å²) in [5, 5.41) is 13.5. The van der Waals surface area contributed by atoms with Gasteiger partial charge < -0.3 is 8.94 Å². The lowest BCUT2D eigenvalue weighted by Crippen LogP contribution is -2.07. The van der Waals surface area contributed by atoms with Crippen molar-refractivity contribution in [1.82, 2.24) is 24.9 Å². The van der Waals surface area contributed by atoms with E-state index in [1.165, 1.54) is 0 Å². The molecule has 0 aliphatic heterocycles. The summed E-state index contributed by atoms with van der Waals surface area (Å²) in [5.74, 6) is 3.91. The van der Waals surface area contributed by atoms with E-state index in [0.29, 0.717) is 17.6 Å². The van der Waals surface area contributed by atoms with Gasteiger partial charge in [0.15, 0.2) is 22.6 Å². The molecule has 0 aromatic carbocycles. The van der Waals surface area contributed by atoms with Crippen LogP contribution in [0.15, 0.2) is 32.5 Å². The highest BCUT2D eigenvalue weighted by Crippen LogP contribution is 2.27. The minimum absolute atomic E-state index is 0.466. The molecular formula is C17H23N5O2S. The van der Waals surface area contributed by atoms with E-state index in [4.69, 9.17) is 8.94 Å². The fourth-order valence-electron chi connectivity index (χ4n) is 2.42. The minimum atomic E-state index is 0.466. The third kappa shape index (κ3) is 4.50. The van der Waals surface area contributed by atoms with Crippen LogP contribution in [0.3, 0.4) is 0 Å². The number of hydrogen-bond donors (Lipinski definition) is 0. The summed E-state index contributed by atoms with van der Waals surface area (Å²) < 4.78 is 12.9. The molecule has 25 heavy (non-hydrogen) atoms. The van der Waals surface area contributed by atoms with Crippen molar-refractivity contribution < 1.29 is 8.94 Å². The quantitative estimate of drug-likeness (QED) is 0.528. The molecule has 8 heteroatoms. The predicted molar refractivity (Wildman–Crippen MR) is 95.0 cm³/mol. The number of nitrogens with zero attached hydrogens (tertiary/aromatic N) is 5. The van der Waals surface area contributed by atoms with E-state index in [1.54, 1.807) is 18.0 Å². The second kappa shape index (κ2) is 8.33. The normalized spacial score (nSPS) is 11.5. The smallest absolute Gasteiger partial charge is 0.237 e. The maximum absolute atomic E-state index is 5.49.